The van der Waals surface area contributed by atoms with Gasteiger partial charge in [0.05, 0.1) is 0 Å². The summed E-state index contributed by atoms with van der Waals surface area (Å²) in [6, 6.07) is 0.470. The third kappa shape index (κ3) is 4.51. The van der Waals surface area contributed by atoms with E-state index in [0.29, 0.717) is 12.6 Å². The van der Waals surface area contributed by atoms with E-state index in [9.17, 15) is 4.79 Å². The third-order valence-corrected chi connectivity index (χ3v) is 2.55. The molecule has 1 atom stereocenters. The Bertz CT molecular complexity index is 223. The Balaban J connectivity index is 2.22. The van der Waals surface area contributed by atoms with E-state index in [4.69, 9.17) is 4.74 Å². The second-order valence-corrected chi connectivity index (χ2v) is 5.16. The molecule has 0 aromatic heterocycles. The van der Waals surface area contributed by atoms with Crippen LogP contribution in [0.25, 0.3) is 0 Å². The summed E-state index contributed by atoms with van der Waals surface area (Å²) >= 11 is 0. The molecule has 0 aromatic rings. The van der Waals surface area contributed by atoms with Crippen molar-refractivity contribution in [2.24, 2.45) is 0 Å². The highest BCUT2D eigenvalue weighted by atomic mass is 16.6. The van der Waals surface area contributed by atoms with Crippen LogP contribution in [0.1, 0.15) is 33.6 Å². The van der Waals surface area contributed by atoms with Crippen LogP contribution in [0.5, 0.6) is 0 Å². The molecule has 0 bridgehead atoms. The molecule has 4 nitrogen and oxygen atoms in total. The monoisotopic (exact) mass is 214 g/mol. The molecule has 4 heteroatoms. The third-order valence-electron chi connectivity index (χ3n) is 2.55. The minimum atomic E-state index is -0.411. The van der Waals surface area contributed by atoms with Gasteiger partial charge < -0.3 is 15.0 Å². The number of likely N-dealkylation sites (tertiary alicyclic amines) is 1. The van der Waals surface area contributed by atoms with Crippen LogP contribution in [-0.2, 0) is 4.74 Å². The summed E-state index contributed by atoms with van der Waals surface area (Å²) in [6.45, 7) is 7.42. The second kappa shape index (κ2) is 4.84. The van der Waals surface area contributed by atoms with Crippen LogP contribution in [0.15, 0.2) is 0 Å². The summed E-state index contributed by atoms with van der Waals surface area (Å²) in [5.41, 5.74) is -0.411. The number of amides is 1. The van der Waals surface area contributed by atoms with Gasteiger partial charge in [-0.25, -0.2) is 4.79 Å². The van der Waals surface area contributed by atoms with Gasteiger partial charge in [-0.1, -0.05) is 0 Å². The van der Waals surface area contributed by atoms with Gasteiger partial charge in [0.2, 0.25) is 0 Å². The minimum Gasteiger partial charge on any atom is -0.444 e. The van der Waals surface area contributed by atoms with Crippen LogP contribution < -0.4 is 5.32 Å². The van der Waals surface area contributed by atoms with Gasteiger partial charge in [-0.15, -0.1) is 0 Å². The molecule has 0 aromatic carbocycles. The number of nitrogens with one attached hydrogen (secondary N) is 1. The van der Waals surface area contributed by atoms with Gasteiger partial charge in [0.15, 0.2) is 0 Å². The van der Waals surface area contributed by atoms with E-state index in [1.54, 1.807) is 0 Å². The lowest BCUT2D eigenvalue weighted by molar-refractivity contribution is 0.0516. The van der Waals surface area contributed by atoms with Crippen molar-refractivity contribution in [3.8, 4) is 0 Å². The van der Waals surface area contributed by atoms with Gasteiger partial charge in [0, 0.05) is 12.6 Å². The maximum absolute atomic E-state index is 11.4. The van der Waals surface area contributed by atoms with Crippen LogP contribution in [0, 0.1) is 0 Å². The lowest BCUT2D eigenvalue weighted by Crippen LogP contribution is -2.40. The summed E-state index contributed by atoms with van der Waals surface area (Å²) in [5.74, 6) is 0. The summed E-state index contributed by atoms with van der Waals surface area (Å²) in [6.07, 6.45) is 2.06. The molecule has 1 N–H and O–H groups in total. The number of hydrogen-bond donors (Lipinski definition) is 1. The number of nitrogens with zero attached hydrogens (tertiary/aromatic N) is 1. The van der Waals surface area contributed by atoms with Gasteiger partial charge in [0.1, 0.15) is 5.60 Å². The van der Waals surface area contributed by atoms with Crippen LogP contribution in [-0.4, -0.2) is 42.8 Å². The Morgan fingerprint density at radius 3 is 2.67 bits per heavy atom. The van der Waals surface area contributed by atoms with E-state index in [2.05, 4.69) is 17.3 Å². The number of likely N-dealkylation sites (N-methyl/N-ethyl adjacent to an activating group) is 1. The largest absolute Gasteiger partial charge is 0.444 e. The summed E-state index contributed by atoms with van der Waals surface area (Å²) in [7, 11) is 2.09. The molecule has 0 spiro atoms. The molecule has 1 amide bonds. The molecule has 88 valence electrons. The van der Waals surface area contributed by atoms with E-state index in [1.807, 2.05) is 20.8 Å². The number of carbonyl (C=O) groups is 1. The molecule has 1 aliphatic heterocycles. The lowest BCUT2D eigenvalue weighted by atomic mass is 10.2. The first kappa shape index (κ1) is 12.3. The zero-order chi connectivity index (χ0) is 11.5. The quantitative estimate of drug-likeness (QED) is 0.759. The molecule has 1 heterocycles. The fraction of sp³-hybridized carbons (Fsp3) is 0.909. The Kier molecular flexibility index (Phi) is 3.97. The highest BCUT2D eigenvalue weighted by Gasteiger charge is 2.22. The summed E-state index contributed by atoms with van der Waals surface area (Å²) < 4.78 is 5.16. The zero-order valence-electron chi connectivity index (χ0n) is 10.2. The lowest BCUT2D eigenvalue weighted by Gasteiger charge is -2.23. The molecular weight excluding hydrogens is 192 g/mol. The van der Waals surface area contributed by atoms with Gasteiger partial charge in [-0.05, 0) is 47.2 Å². The zero-order valence-corrected chi connectivity index (χ0v) is 10.2. The Morgan fingerprint density at radius 1 is 1.53 bits per heavy atom. The Morgan fingerprint density at radius 2 is 2.20 bits per heavy atom. The van der Waals surface area contributed by atoms with Gasteiger partial charge >= 0.3 is 6.09 Å². The Labute approximate surface area is 92.0 Å². The molecule has 1 saturated heterocycles. The van der Waals surface area contributed by atoms with Crippen molar-refractivity contribution in [3.05, 3.63) is 0 Å². The highest BCUT2D eigenvalue weighted by molar-refractivity contribution is 5.67. The van der Waals surface area contributed by atoms with Crippen LogP contribution in [0.3, 0.4) is 0 Å². The average Bonchev–Trinajstić information content (AvgIpc) is 2.44. The van der Waals surface area contributed by atoms with Crippen molar-refractivity contribution < 1.29 is 9.53 Å². The molecule has 0 unspecified atom stereocenters. The predicted octanol–water partition coefficient (Wildman–Crippen LogP) is 1.61. The molecule has 0 aliphatic carbocycles. The maximum atomic E-state index is 11.4. The summed E-state index contributed by atoms with van der Waals surface area (Å²) in [5, 5.41) is 2.81. The van der Waals surface area contributed by atoms with Crippen molar-refractivity contribution >= 4 is 6.09 Å². The average molecular weight is 214 g/mol. The fourth-order valence-corrected chi connectivity index (χ4v) is 1.75. The Hall–Kier alpha value is -0.770. The number of alkyl carbamates (subject to hydrolysis) is 1. The first-order valence-corrected chi connectivity index (χ1v) is 5.55. The van der Waals surface area contributed by atoms with E-state index in [1.165, 1.54) is 6.42 Å². The SMILES string of the molecule is CN1CCC[C@@H]1CNC(=O)OC(C)(C)C. The fourth-order valence-electron chi connectivity index (χ4n) is 1.75. The number of hydrogen-bond acceptors (Lipinski definition) is 3. The number of carbonyl (C=O) groups excluding carboxylic acids is 1. The van der Waals surface area contributed by atoms with Crippen molar-refractivity contribution in [1.29, 1.82) is 0 Å². The molecule has 0 radical (unpaired) electrons. The standard InChI is InChI=1S/C11H22N2O2/c1-11(2,3)15-10(14)12-8-9-6-5-7-13(9)4/h9H,5-8H2,1-4H3,(H,12,14)/t9-/m1/s1. The van der Waals surface area contributed by atoms with Crippen molar-refractivity contribution in [2.45, 2.75) is 45.3 Å². The second-order valence-electron chi connectivity index (χ2n) is 5.16. The first-order chi connectivity index (χ1) is 6.88. The number of rotatable bonds is 2. The molecular formula is C11H22N2O2. The predicted molar refractivity (Wildman–Crippen MR) is 59.9 cm³/mol. The van der Waals surface area contributed by atoms with Gasteiger partial charge in [-0.2, -0.15) is 0 Å². The van der Waals surface area contributed by atoms with E-state index in [0.717, 1.165) is 13.0 Å². The van der Waals surface area contributed by atoms with Crippen molar-refractivity contribution in [3.63, 3.8) is 0 Å². The van der Waals surface area contributed by atoms with E-state index in [-0.39, 0.29) is 6.09 Å². The highest BCUT2D eigenvalue weighted by Crippen LogP contribution is 2.13. The molecule has 1 fully saturated rings. The van der Waals surface area contributed by atoms with Gasteiger partial charge in [0.25, 0.3) is 0 Å². The molecule has 15 heavy (non-hydrogen) atoms. The number of ether oxygens (including phenoxy) is 1. The minimum absolute atomic E-state index is 0.317. The van der Waals surface area contributed by atoms with E-state index < -0.39 is 5.60 Å². The first-order valence-electron chi connectivity index (χ1n) is 5.55. The van der Waals surface area contributed by atoms with E-state index >= 15 is 0 Å². The topological polar surface area (TPSA) is 41.6 Å². The summed E-state index contributed by atoms with van der Waals surface area (Å²) in [4.78, 5) is 13.6. The van der Waals surface area contributed by atoms with Crippen molar-refractivity contribution in [1.82, 2.24) is 10.2 Å². The van der Waals surface area contributed by atoms with Gasteiger partial charge in [-0.3, -0.25) is 0 Å². The normalized spacial score (nSPS) is 22.8. The maximum Gasteiger partial charge on any atom is 0.407 e. The molecule has 1 rings (SSSR count). The molecule has 0 saturated carbocycles. The van der Waals surface area contributed by atoms with Crippen LogP contribution in [0.2, 0.25) is 0 Å². The molecule has 1 aliphatic rings. The van der Waals surface area contributed by atoms with Crippen LogP contribution >= 0.6 is 0 Å². The van der Waals surface area contributed by atoms with Crippen LogP contribution in [0.4, 0.5) is 4.79 Å². The van der Waals surface area contributed by atoms with Crippen molar-refractivity contribution in [2.75, 3.05) is 20.1 Å². The smallest absolute Gasteiger partial charge is 0.407 e.